The number of ether oxygens (including phenoxy) is 1. The maximum absolute atomic E-state index is 14.3. The number of nitrogens with zero attached hydrogens (tertiary/aromatic N) is 4. The fraction of sp³-hybridized carbons (Fsp3) is 0.0882. The van der Waals surface area contributed by atoms with Crippen LogP contribution in [0, 0.1) is 10.1 Å². The van der Waals surface area contributed by atoms with Gasteiger partial charge < -0.3 is 4.74 Å². The number of esters is 1. The molecule has 7 rings (SSSR count). The van der Waals surface area contributed by atoms with Gasteiger partial charge in [-0.05, 0) is 36.6 Å². The molecule has 1 atom stereocenters. The SMILES string of the molecule is CCOC(=O)C1=C(c2ccccc2)N=c2s/c(=C\c3cn(S(=O)(=O)c4cccc([N+](=O)[O-])c4)c4ccccc34)c(=O)n2[C@H]1c1cccs1. The summed E-state index contributed by atoms with van der Waals surface area (Å²) in [4.78, 5) is 44.3. The van der Waals surface area contributed by atoms with E-state index in [9.17, 15) is 28.1 Å². The summed E-state index contributed by atoms with van der Waals surface area (Å²) in [7, 11) is -4.27. The number of thiazole rings is 1. The highest BCUT2D eigenvalue weighted by molar-refractivity contribution is 7.90. The van der Waals surface area contributed by atoms with E-state index in [-0.39, 0.29) is 27.3 Å². The van der Waals surface area contributed by atoms with E-state index in [4.69, 9.17) is 9.73 Å². The lowest BCUT2D eigenvalue weighted by Crippen LogP contribution is -2.39. The predicted molar refractivity (Wildman–Crippen MR) is 183 cm³/mol. The van der Waals surface area contributed by atoms with Crippen molar-refractivity contribution in [3.63, 3.8) is 0 Å². The second-order valence-electron chi connectivity index (χ2n) is 10.6. The molecule has 6 aromatic rings. The number of thiophene rings is 1. The number of non-ortho nitro benzene ring substituents is 1. The van der Waals surface area contributed by atoms with Crippen LogP contribution in [0.25, 0.3) is 22.7 Å². The molecule has 0 spiro atoms. The highest BCUT2D eigenvalue weighted by Gasteiger charge is 2.35. The quantitative estimate of drug-likeness (QED) is 0.122. The molecule has 0 saturated heterocycles. The highest BCUT2D eigenvalue weighted by atomic mass is 32.2. The Morgan fingerprint density at radius 1 is 1.04 bits per heavy atom. The molecule has 1 aliphatic heterocycles. The maximum atomic E-state index is 14.3. The number of nitro groups is 1. The molecule has 1 aliphatic rings. The molecular formula is C34H24N4O7S3. The minimum atomic E-state index is -4.27. The van der Waals surface area contributed by atoms with E-state index in [0.717, 1.165) is 26.3 Å². The van der Waals surface area contributed by atoms with Gasteiger partial charge in [-0.25, -0.2) is 22.2 Å². The van der Waals surface area contributed by atoms with Crippen LogP contribution in [-0.2, 0) is 19.6 Å². The minimum Gasteiger partial charge on any atom is -0.463 e. The van der Waals surface area contributed by atoms with E-state index >= 15 is 0 Å². The smallest absolute Gasteiger partial charge is 0.338 e. The van der Waals surface area contributed by atoms with Gasteiger partial charge in [0.2, 0.25) is 0 Å². The Hall–Kier alpha value is -5.44. The zero-order valence-corrected chi connectivity index (χ0v) is 27.5. The molecule has 0 fully saturated rings. The minimum absolute atomic E-state index is 0.134. The summed E-state index contributed by atoms with van der Waals surface area (Å²) in [6.45, 7) is 1.85. The molecule has 0 unspecified atom stereocenters. The molecule has 0 bridgehead atoms. The van der Waals surface area contributed by atoms with Crippen molar-refractivity contribution in [3.8, 4) is 0 Å². The summed E-state index contributed by atoms with van der Waals surface area (Å²) in [5.41, 5.74) is 1.33. The molecule has 3 aromatic heterocycles. The zero-order valence-electron chi connectivity index (χ0n) is 25.0. The molecule has 11 nitrogen and oxygen atoms in total. The van der Waals surface area contributed by atoms with Crippen LogP contribution in [-0.4, -0.2) is 34.5 Å². The largest absolute Gasteiger partial charge is 0.463 e. The summed E-state index contributed by atoms with van der Waals surface area (Å²) in [5, 5.41) is 13.8. The Morgan fingerprint density at radius 3 is 2.54 bits per heavy atom. The number of nitro benzene ring substituents is 1. The molecule has 14 heteroatoms. The van der Waals surface area contributed by atoms with Gasteiger partial charge >= 0.3 is 5.97 Å². The predicted octanol–water partition coefficient (Wildman–Crippen LogP) is 5.10. The Bertz CT molecular complexity index is 2570. The van der Waals surface area contributed by atoms with Gasteiger partial charge in [0.05, 0.1) is 37.7 Å². The van der Waals surface area contributed by atoms with Crippen LogP contribution in [0.1, 0.15) is 29.0 Å². The third-order valence-electron chi connectivity index (χ3n) is 7.77. The summed E-state index contributed by atoms with van der Waals surface area (Å²) in [5.74, 6) is -0.581. The Labute approximate surface area is 280 Å². The number of para-hydroxylation sites is 1. The number of aromatic nitrogens is 2. The molecule has 3 aromatic carbocycles. The van der Waals surface area contributed by atoms with Crippen LogP contribution in [0.5, 0.6) is 0 Å². The topological polar surface area (TPSA) is 143 Å². The molecular weight excluding hydrogens is 673 g/mol. The number of carbonyl (C=O) groups is 1. The maximum Gasteiger partial charge on any atom is 0.338 e. The number of hydrogen-bond donors (Lipinski definition) is 0. The summed E-state index contributed by atoms with van der Waals surface area (Å²) in [6.07, 6.45) is 3.00. The average Bonchev–Trinajstić information content (AvgIpc) is 3.84. The number of rotatable bonds is 8. The highest BCUT2D eigenvalue weighted by Crippen LogP contribution is 2.37. The van der Waals surface area contributed by atoms with Crippen molar-refractivity contribution >= 4 is 67.0 Å². The summed E-state index contributed by atoms with van der Waals surface area (Å²) < 4.78 is 35.9. The van der Waals surface area contributed by atoms with Crippen LogP contribution in [0.4, 0.5) is 5.69 Å². The molecule has 0 saturated carbocycles. The molecule has 4 heterocycles. The molecule has 48 heavy (non-hydrogen) atoms. The lowest BCUT2D eigenvalue weighted by Gasteiger charge is -2.24. The van der Waals surface area contributed by atoms with Crippen molar-refractivity contribution in [1.29, 1.82) is 0 Å². The van der Waals surface area contributed by atoms with E-state index < -0.39 is 32.5 Å². The fourth-order valence-corrected chi connectivity index (χ4v) is 8.89. The van der Waals surface area contributed by atoms with Gasteiger partial charge in [-0.2, -0.15) is 0 Å². The number of hydrogen-bond acceptors (Lipinski definition) is 10. The van der Waals surface area contributed by atoms with Crippen molar-refractivity contribution in [2.75, 3.05) is 6.61 Å². The average molecular weight is 697 g/mol. The molecule has 240 valence electrons. The Morgan fingerprint density at radius 2 is 1.81 bits per heavy atom. The second-order valence-corrected chi connectivity index (χ2v) is 14.4. The van der Waals surface area contributed by atoms with E-state index in [1.807, 2.05) is 47.8 Å². The van der Waals surface area contributed by atoms with Gasteiger partial charge in [0.25, 0.3) is 21.3 Å². The molecule has 0 N–H and O–H groups in total. The standard InChI is InChI=1S/C34H24N4O7S3/c1-2-45-33(40)29-30(21-10-4-3-5-11-21)35-34-37(31(29)27-16-9-17-46-27)32(39)28(47-34)18-22-20-36(26-15-7-6-14-25(22)26)48(43,44)24-13-8-12-23(19-24)38(41)42/h3-20,31H,2H2,1H3/b28-18-/t31-/m0/s1. The first kappa shape index (κ1) is 31.2. The van der Waals surface area contributed by atoms with Crippen LogP contribution in [0.2, 0.25) is 0 Å². The van der Waals surface area contributed by atoms with Gasteiger partial charge in [0, 0.05) is 39.7 Å². The van der Waals surface area contributed by atoms with Crippen LogP contribution in [0.3, 0.4) is 0 Å². The molecule has 0 radical (unpaired) electrons. The molecule has 0 amide bonds. The number of carbonyl (C=O) groups excluding carboxylic acids is 1. The molecule has 0 aliphatic carbocycles. The first-order valence-corrected chi connectivity index (χ1v) is 17.7. The Balaban J connectivity index is 1.45. The van der Waals surface area contributed by atoms with Crippen molar-refractivity contribution < 1.29 is 22.9 Å². The van der Waals surface area contributed by atoms with Gasteiger partial charge in [-0.1, -0.05) is 72.0 Å². The van der Waals surface area contributed by atoms with E-state index in [1.165, 1.54) is 40.3 Å². The lowest BCUT2D eigenvalue weighted by molar-refractivity contribution is -0.385. The summed E-state index contributed by atoms with van der Waals surface area (Å²) >= 11 is 2.52. The van der Waals surface area contributed by atoms with Crippen molar-refractivity contribution in [1.82, 2.24) is 8.54 Å². The van der Waals surface area contributed by atoms with Gasteiger partial charge in [-0.15, -0.1) is 11.3 Å². The third kappa shape index (κ3) is 5.29. The van der Waals surface area contributed by atoms with Crippen molar-refractivity contribution in [2.45, 2.75) is 17.9 Å². The van der Waals surface area contributed by atoms with Crippen LogP contribution in [0.15, 0.2) is 123 Å². The van der Waals surface area contributed by atoms with E-state index in [2.05, 4.69) is 0 Å². The van der Waals surface area contributed by atoms with Gasteiger partial charge in [0.1, 0.15) is 6.04 Å². The Kier molecular flexibility index (Phi) is 7.99. The number of benzene rings is 3. The third-order valence-corrected chi connectivity index (χ3v) is 11.3. The van der Waals surface area contributed by atoms with Crippen molar-refractivity contribution in [3.05, 3.63) is 154 Å². The van der Waals surface area contributed by atoms with Crippen molar-refractivity contribution in [2.24, 2.45) is 4.99 Å². The van der Waals surface area contributed by atoms with Gasteiger partial charge in [0.15, 0.2) is 4.80 Å². The second kappa shape index (κ2) is 12.3. The number of fused-ring (bicyclic) bond motifs is 2. The monoisotopic (exact) mass is 696 g/mol. The fourth-order valence-electron chi connectivity index (χ4n) is 5.66. The summed E-state index contributed by atoms with van der Waals surface area (Å²) in [6, 6.07) is 23.7. The van der Waals surface area contributed by atoms with E-state index in [1.54, 1.807) is 37.3 Å². The zero-order chi connectivity index (χ0) is 33.6. The van der Waals surface area contributed by atoms with Crippen LogP contribution < -0.4 is 14.9 Å². The first-order chi connectivity index (χ1) is 23.2. The lowest BCUT2D eigenvalue weighted by atomic mass is 9.97. The van der Waals surface area contributed by atoms with E-state index in [0.29, 0.717) is 32.5 Å². The first-order valence-electron chi connectivity index (χ1n) is 14.6. The normalized spacial score (nSPS) is 14.9. The van der Waals surface area contributed by atoms with Crippen LogP contribution >= 0.6 is 22.7 Å². The van der Waals surface area contributed by atoms with Gasteiger partial charge in [-0.3, -0.25) is 19.5 Å².